The minimum Gasteiger partial charge on any atom is -0.103 e. The van der Waals surface area contributed by atoms with Gasteiger partial charge in [-0.15, -0.1) is 6.58 Å². The van der Waals surface area contributed by atoms with Crippen LogP contribution in [-0.4, -0.2) is 0 Å². The molecule has 0 aromatic heterocycles. The van der Waals surface area contributed by atoms with Crippen molar-refractivity contribution in [3.05, 3.63) is 83.4 Å². The van der Waals surface area contributed by atoms with Crippen LogP contribution in [0.1, 0.15) is 29.9 Å². The number of hydrogen-bond acceptors (Lipinski definition) is 0. The van der Waals surface area contributed by atoms with Crippen molar-refractivity contribution < 1.29 is 0 Å². The molecular formula is C19H17Cl. The van der Waals surface area contributed by atoms with Gasteiger partial charge in [0.1, 0.15) is 0 Å². The summed E-state index contributed by atoms with van der Waals surface area (Å²) in [6.45, 7) is 3.79. The molecular weight excluding hydrogens is 264 g/mol. The molecule has 1 heteroatoms. The van der Waals surface area contributed by atoms with Gasteiger partial charge in [0.05, 0.1) is 0 Å². The molecule has 100 valence electrons. The Morgan fingerprint density at radius 3 is 2.40 bits per heavy atom. The molecule has 0 saturated carbocycles. The Morgan fingerprint density at radius 2 is 1.75 bits per heavy atom. The zero-order valence-corrected chi connectivity index (χ0v) is 12.1. The fourth-order valence-electron chi connectivity index (χ4n) is 1.99. The molecule has 0 spiro atoms. The first-order chi connectivity index (χ1) is 9.79. The second kappa shape index (κ2) is 7.58. The highest BCUT2D eigenvalue weighted by molar-refractivity contribution is 6.30. The number of benzene rings is 2. The van der Waals surface area contributed by atoms with Crippen LogP contribution in [0.15, 0.2) is 67.3 Å². The van der Waals surface area contributed by atoms with E-state index < -0.39 is 0 Å². The lowest BCUT2D eigenvalue weighted by Gasteiger charge is -2.10. The first-order valence-corrected chi connectivity index (χ1v) is 7.10. The van der Waals surface area contributed by atoms with E-state index in [1.807, 2.05) is 48.5 Å². The molecule has 20 heavy (non-hydrogen) atoms. The van der Waals surface area contributed by atoms with Crippen molar-refractivity contribution in [2.24, 2.45) is 0 Å². The quantitative estimate of drug-likeness (QED) is 0.517. The summed E-state index contributed by atoms with van der Waals surface area (Å²) in [7, 11) is 0. The van der Waals surface area contributed by atoms with E-state index in [2.05, 4.69) is 30.6 Å². The second-order valence-corrected chi connectivity index (χ2v) is 5.04. The van der Waals surface area contributed by atoms with Crippen LogP contribution in [0.2, 0.25) is 5.02 Å². The monoisotopic (exact) mass is 280 g/mol. The van der Waals surface area contributed by atoms with Crippen molar-refractivity contribution in [3.8, 4) is 11.8 Å². The lowest BCUT2D eigenvalue weighted by atomic mass is 9.94. The van der Waals surface area contributed by atoms with Crippen molar-refractivity contribution in [1.29, 1.82) is 0 Å². The van der Waals surface area contributed by atoms with Crippen LogP contribution in [0.25, 0.3) is 0 Å². The van der Waals surface area contributed by atoms with Crippen molar-refractivity contribution in [3.63, 3.8) is 0 Å². The van der Waals surface area contributed by atoms with Gasteiger partial charge in [0, 0.05) is 16.5 Å². The Hall–Kier alpha value is -1.97. The summed E-state index contributed by atoms with van der Waals surface area (Å²) in [5.41, 5.74) is 2.25. The predicted molar refractivity (Wildman–Crippen MR) is 86.9 cm³/mol. The average molecular weight is 281 g/mol. The summed E-state index contributed by atoms with van der Waals surface area (Å²) in [5.74, 6) is 6.83. The van der Waals surface area contributed by atoms with E-state index in [4.69, 9.17) is 11.6 Å². The molecule has 0 N–H and O–H groups in total. The van der Waals surface area contributed by atoms with Crippen LogP contribution in [0.4, 0.5) is 0 Å². The van der Waals surface area contributed by atoms with Gasteiger partial charge in [-0.3, -0.25) is 0 Å². The van der Waals surface area contributed by atoms with Crippen molar-refractivity contribution in [2.75, 3.05) is 0 Å². The average Bonchev–Trinajstić information content (AvgIpc) is 2.50. The summed E-state index contributed by atoms with van der Waals surface area (Å²) in [5, 5.41) is 0.757. The SMILES string of the molecule is C=CCCC(C#Cc1ccccc1)c1ccc(Cl)cc1. The van der Waals surface area contributed by atoms with Gasteiger partial charge in [-0.2, -0.15) is 0 Å². The molecule has 0 aliphatic heterocycles. The van der Waals surface area contributed by atoms with Gasteiger partial charge >= 0.3 is 0 Å². The Labute approximate surface area is 126 Å². The summed E-state index contributed by atoms with van der Waals surface area (Å²) >= 11 is 5.94. The van der Waals surface area contributed by atoms with E-state index >= 15 is 0 Å². The van der Waals surface area contributed by atoms with Gasteiger partial charge in [-0.1, -0.05) is 59.8 Å². The maximum absolute atomic E-state index is 5.94. The standard InChI is InChI=1S/C19H17Cl/c1-2-3-9-17(18-12-14-19(20)15-13-18)11-10-16-7-5-4-6-8-16/h2,4-8,12-15,17H,1,3,9H2. The third kappa shape index (κ3) is 4.30. The zero-order chi connectivity index (χ0) is 14.2. The third-order valence-corrected chi connectivity index (χ3v) is 3.35. The van der Waals surface area contributed by atoms with Crippen LogP contribution < -0.4 is 0 Å². The highest BCUT2D eigenvalue weighted by Crippen LogP contribution is 2.22. The predicted octanol–water partition coefficient (Wildman–Crippen LogP) is 5.44. The minimum atomic E-state index is 0.213. The van der Waals surface area contributed by atoms with E-state index in [-0.39, 0.29) is 5.92 Å². The van der Waals surface area contributed by atoms with Crippen LogP contribution >= 0.6 is 11.6 Å². The lowest BCUT2D eigenvalue weighted by molar-refractivity contribution is 0.771. The lowest BCUT2D eigenvalue weighted by Crippen LogP contribution is -1.95. The van der Waals surface area contributed by atoms with Crippen molar-refractivity contribution in [1.82, 2.24) is 0 Å². The van der Waals surface area contributed by atoms with E-state index in [1.54, 1.807) is 0 Å². The molecule has 0 saturated heterocycles. The minimum absolute atomic E-state index is 0.213. The van der Waals surface area contributed by atoms with Crippen LogP contribution in [0.5, 0.6) is 0 Å². The van der Waals surface area contributed by atoms with E-state index in [0.29, 0.717) is 0 Å². The molecule has 0 nitrogen and oxygen atoms in total. The van der Waals surface area contributed by atoms with Gasteiger partial charge in [-0.05, 0) is 42.7 Å². The fraction of sp³-hybridized carbons (Fsp3) is 0.158. The highest BCUT2D eigenvalue weighted by atomic mass is 35.5. The Bertz CT molecular complexity index is 600. The molecule has 2 aromatic carbocycles. The summed E-state index contributed by atoms with van der Waals surface area (Å²) in [6.07, 6.45) is 3.87. The molecule has 0 amide bonds. The molecule has 2 aromatic rings. The van der Waals surface area contributed by atoms with Gasteiger partial charge in [-0.25, -0.2) is 0 Å². The molecule has 0 heterocycles. The zero-order valence-electron chi connectivity index (χ0n) is 11.4. The Kier molecular flexibility index (Phi) is 5.47. The van der Waals surface area contributed by atoms with E-state index in [0.717, 1.165) is 23.4 Å². The molecule has 1 atom stereocenters. The highest BCUT2D eigenvalue weighted by Gasteiger charge is 2.07. The van der Waals surface area contributed by atoms with Gasteiger partial charge < -0.3 is 0 Å². The normalized spacial score (nSPS) is 11.2. The number of allylic oxidation sites excluding steroid dienone is 1. The largest absolute Gasteiger partial charge is 0.103 e. The van der Waals surface area contributed by atoms with Crippen molar-refractivity contribution >= 4 is 11.6 Å². The van der Waals surface area contributed by atoms with E-state index in [9.17, 15) is 0 Å². The summed E-state index contributed by atoms with van der Waals surface area (Å²) in [6, 6.07) is 18.0. The number of rotatable bonds is 4. The molecule has 0 fully saturated rings. The number of halogens is 1. The van der Waals surface area contributed by atoms with E-state index in [1.165, 1.54) is 5.56 Å². The summed E-state index contributed by atoms with van der Waals surface area (Å²) < 4.78 is 0. The smallest absolute Gasteiger partial charge is 0.0459 e. The van der Waals surface area contributed by atoms with Gasteiger partial charge in [0.15, 0.2) is 0 Å². The molecule has 0 bridgehead atoms. The topological polar surface area (TPSA) is 0 Å². The fourth-order valence-corrected chi connectivity index (χ4v) is 2.12. The maximum atomic E-state index is 5.94. The van der Waals surface area contributed by atoms with Crippen LogP contribution in [-0.2, 0) is 0 Å². The van der Waals surface area contributed by atoms with Gasteiger partial charge in [0.2, 0.25) is 0 Å². The van der Waals surface area contributed by atoms with Crippen molar-refractivity contribution in [2.45, 2.75) is 18.8 Å². The molecule has 2 rings (SSSR count). The Balaban J connectivity index is 2.22. The third-order valence-electron chi connectivity index (χ3n) is 3.10. The first-order valence-electron chi connectivity index (χ1n) is 6.72. The maximum Gasteiger partial charge on any atom is 0.0459 e. The van der Waals surface area contributed by atoms with Crippen LogP contribution in [0, 0.1) is 11.8 Å². The molecule has 0 radical (unpaired) electrons. The molecule has 0 aliphatic rings. The Morgan fingerprint density at radius 1 is 1.05 bits per heavy atom. The first kappa shape index (κ1) is 14.4. The molecule has 0 aliphatic carbocycles. The second-order valence-electron chi connectivity index (χ2n) is 4.61. The molecule has 1 unspecified atom stereocenters. The van der Waals surface area contributed by atoms with Crippen LogP contribution in [0.3, 0.4) is 0 Å². The van der Waals surface area contributed by atoms with Gasteiger partial charge in [0.25, 0.3) is 0 Å². The number of hydrogen-bond donors (Lipinski definition) is 0. The summed E-state index contributed by atoms with van der Waals surface area (Å²) in [4.78, 5) is 0.